The summed E-state index contributed by atoms with van der Waals surface area (Å²) < 4.78 is 4.70. The zero-order valence-electron chi connectivity index (χ0n) is 40.1. The minimum atomic E-state index is 0.538. The normalized spacial score (nSPS) is 11.6. The van der Waals surface area contributed by atoms with Gasteiger partial charge in [-0.1, -0.05) is 145 Å². The topological polar surface area (TPSA) is 59.4 Å². The Morgan fingerprint density at radius 2 is 0.771 bits per heavy atom. The Labute approximate surface area is 408 Å². The predicted molar refractivity (Wildman–Crippen MR) is 291 cm³/mol. The summed E-state index contributed by atoms with van der Waals surface area (Å²) in [4.78, 5) is 10.8. The van der Waals surface area contributed by atoms with Gasteiger partial charge in [0.25, 0.3) is 0 Å². The summed E-state index contributed by atoms with van der Waals surface area (Å²) in [6, 6.07) is 69.5. The van der Waals surface area contributed by atoms with Crippen LogP contribution in [0.25, 0.3) is 111 Å². The highest BCUT2D eigenvalue weighted by molar-refractivity contribution is 6.13. The van der Waals surface area contributed by atoms with Crippen molar-refractivity contribution in [3.8, 4) is 73.6 Å². The van der Waals surface area contributed by atoms with E-state index in [4.69, 9.17) is 9.97 Å². The van der Waals surface area contributed by atoms with E-state index in [1.807, 2.05) is 36.4 Å². The Balaban J connectivity index is 1.22. The number of benzene rings is 9. The first-order valence-corrected chi connectivity index (χ1v) is 24.0. The lowest BCUT2D eigenvalue weighted by Crippen LogP contribution is -2.07. The third kappa shape index (κ3) is 6.99. The van der Waals surface area contributed by atoms with Crippen LogP contribution in [0.1, 0.15) is 38.9 Å². The van der Waals surface area contributed by atoms with E-state index in [1.54, 1.807) is 0 Å². The van der Waals surface area contributed by atoms with Gasteiger partial charge in [0, 0.05) is 38.2 Å². The maximum absolute atomic E-state index is 11.2. The van der Waals surface area contributed by atoms with Crippen LogP contribution in [-0.4, -0.2) is 19.1 Å². The summed E-state index contributed by atoms with van der Waals surface area (Å²) in [6.07, 6.45) is 0. The summed E-state index contributed by atoms with van der Waals surface area (Å²) in [5.41, 5.74) is 23.1. The summed E-state index contributed by atoms with van der Waals surface area (Å²) in [6.45, 7) is 13.2. The molecule has 9 aromatic carbocycles. The number of aromatic nitrogens is 4. The highest BCUT2D eigenvalue weighted by Crippen LogP contribution is 2.45. The molecule has 0 N–H and O–H groups in total. The zero-order chi connectivity index (χ0) is 47.8. The molecule has 5 nitrogen and oxygen atoms in total. The Bertz CT molecular complexity index is 3830. The number of aryl methyl sites for hydroxylation is 6. The molecule has 0 saturated heterocycles. The molecule has 0 amide bonds. The van der Waals surface area contributed by atoms with Crippen molar-refractivity contribution in [2.75, 3.05) is 0 Å². The molecular weight excluding hydrogens is 851 g/mol. The predicted octanol–water partition coefficient (Wildman–Crippen LogP) is 16.7. The molecule has 0 radical (unpaired) electrons. The van der Waals surface area contributed by atoms with Crippen LogP contribution in [0.5, 0.6) is 0 Å². The standard InChI is InChI=1S/C65H49N5/c1-39-29-41(3)62(42(4)30-39)48-25-27-58-52(35-48)50-21-13-15-23-56(50)69(58)60-33-45(38-66)34-61(64(60)55-37-54(46-17-9-7-10-18-46)67-65(68-55)47-19-11-8-12-20-47)70-57-24-16-14-22-51(57)53-36-49(26-28-59(53)70)63-43(5)31-40(2)32-44(63)6/h7-37H,1-6H3. The second-order valence-corrected chi connectivity index (χ2v) is 18.9. The van der Waals surface area contributed by atoms with Gasteiger partial charge in [-0.3, -0.25) is 0 Å². The van der Waals surface area contributed by atoms with Crippen molar-refractivity contribution in [1.82, 2.24) is 19.1 Å². The summed E-state index contributed by atoms with van der Waals surface area (Å²) in [7, 11) is 0. The van der Waals surface area contributed by atoms with E-state index in [1.165, 1.54) is 55.6 Å². The van der Waals surface area contributed by atoms with Gasteiger partial charge in [0.05, 0.1) is 56.5 Å². The van der Waals surface area contributed by atoms with Crippen molar-refractivity contribution < 1.29 is 0 Å². The number of para-hydroxylation sites is 2. The molecular formula is C65H49N5. The molecule has 0 unspecified atom stereocenters. The van der Waals surface area contributed by atoms with Gasteiger partial charge in [0.15, 0.2) is 5.82 Å². The molecule has 5 heteroatoms. The highest BCUT2D eigenvalue weighted by Gasteiger charge is 2.26. The van der Waals surface area contributed by atoms with Crippen LogP contribution in [0.15, 0.2) is 188 Å². The molecule has 0 bridgehead atoms. The fraction of sp³-hybridized carbons (Fsp3) is 0.0923. The van der Waals surface area contributed by atoms with E-state index in [9.17, 15) is 5.26 Å². The lowest BCUT2D eigenvalue weighted by atomic mass is 9.93. The van der Waals surface area contributed by atoms with Crippen molar-refractivity contribution in [1.29, 1.82) is 5.26 Å². The smallest absolute Gasteiger partial charge is 0.160 e. The van der Waals surface area contributed by atoms with E-state index in [0.29, 0.717) is 11.4 Å². The van der Waals surface area contributed by atoms with E-state index in [-0.39, 0.29) is 0 Å². The van der Waals surface area contributed by atoms with Gasteiger partial charge in [0.2, 0.25) is 0 Å². The van der Waals surface area contributed by atoms with Gasteiger partial charge >= 0.3 is 0 Å². The van der Waals surface area contributed by atoms with Crippen molar-refractivity contribution in [2.45, 2.75) is 41.5 Å². The van der Waals surface area contributed by atoms with E-state index in [2.05, 4.69) is 208 Å². The maximum atomic E-state index is 11.2. The average molecular weight is 900 g/mol. The fourth-order valence-electron chi connectivity index (χ4n) is 11.4. The fourth-order valence-corrected chi connectivity index (χ4v) is 11.4. The van der Waals surface area contributed by atoms with Gasteiger partial charge < -0.3 is 9.13 Å². The number of nitriles is 1. The monoisotopic (exact) mass is 899 g/mol. The molecule has 0 spiro atoms. The highest BCUT2D eigenvalue weighted by atomic mass is 15.0. The minimum Gasteiger partial charge on any atom is -0.308 e. The van der Waals surface area contributed by atoms with Crippen LogP contribution < -0.4 is 0 Å². The van der Waals surface area contributed by atoms with Crippen LogP contribution >= 0.6 is 0 Å². The van der Waals surface area contributed by atoms with Crippen LogP contribution in [0.4, 0.5) is 0 Å². The summed E-state index contributed by atoms with van der Waals surface area (Å²) >= 11 is 0. The molecule has 3 aromatic heterocycles. The molecule has 12 aromatic rings. The Morgan fingerprint density at radius 1 is 0.357 bits per heavy atom. The molecule has 0 fully saturated rings. The summed E-state index contributed by atoms with van der Waals surface area (Å²) in [5.74, 6) is 0.615. The number of fused-ring (bicyclic) bond motifs is 6. The molecule has 334 valence electrons. The zero-order valence-corrected chi connectivity index (χ0v) is 40.1. The number of rotatable bonds is 7. The van der Waals surface area contributed by atoms with Crippen molar-refractivity contribution in [3.05, 3.63) is 227 Å². The quantitative estimate of drug-likeness (QED) is 0.160. The lowest BCUT2D eigenvalue weighted by molar-refractivity contribution is 1.11. The van der Waals surface area contributed by atoms with Crippen LogP contribution in [-0.2, 0) is 0 Å². The SMILES string of the molecule is Cc1cc(C)c(-c2ccc3c(c2)c2ccccc2n3-c2cc(C#N)cc(-n3c4ccccc4c4cc(-c5c(C)cc(C)cc5C)ccc43)c2-c2cc(-c3ccccc3)nc(-c3ccccc3)n2)c(C)c1. The molecule has 0 saturated carbocycles. The van der Waals surface area contributed by atoms with Gasteiger partial charge in [0.1, 0.15) is 0 Å². The molecule has 12 rings (SSSR count). The van der Waals surface area contributed by atoms with Crippen molar-refractivity contribution in [3.63, 3.8) is 0 Å². The first-order chi connectivity index (χ1) is 34.1. The largest absolute Gasteiger partial charge is 0.308 e. The van der Waals surface area contributed by atoms with Gasteiger partial charge in [-0.2, -0.15) is 5.26 Å². The maximum Gasteiger partial charge on any atom is 0.160 e. The van der Waals surface area contributed by atoms with Crippen LogP contribution in [0, 0.1) is 52.9 Å². The van der Waals surface area contributed by atoms with Crippen LogP contribution in [0.3, 0.4) is 0 Å². The number of nitrogens with zero attached hydrogens (tertiary/aromatic N) is 5. The van der Waals surface area contributed by atoms with Crippen LogP contribution in [0.2, 0.25) is 0 Å². The lowest BCUT2D eigenvalue weighted by Gasteiger charge is -2.21. The second-order valence-electron chi connectivity index (χ2n) is 18.9. The molecule has 0 atom stereocenters. The Morgan fingerprint density at radius 3 is 1.24 bits per heavy atom. The third-order valence-corrected chi connectivity index (χ3v) is 14.1. The third-order valence-electron chi connectivity index (χ3n) is 14.1. The number of hydrogen-bond acceptors (Lipinski definition) is 3. The molecule has 70 heavy (non-hydrogen) atoms. The molecule has 3 heterocycles. The molecule has 0 aliphatic rings. The van der Waals surface area contributed by atoms with E-state index >= 15 is 0 Å². The second kappa shape index (κ2) is 16.7. The van der Waals surface area contributed by atoms with Crippen molar-refractivity contribution >= 4 is 43.6 Å². The van der Waals surface area contributed by atoms with Gasteiger partial charge in [-0.15, -0.1) is 0 Å². The van der Waals surface area contributed by atoms with Gasteiger partial charge in [-0.25, -0.2) is 9.97 Å². The van der Waals surface area contributed by atoms with E-state index in [0.717, 1.165) is 83.1 Å². The van der Waals surface area contributed by atoms with E-state index < -0.39 is 0 Å². The van der Waals surface area contributed by atoms with Crippen molar-refractivity contribution in [2.24, 2.45) is 0 Å². The molecule has 0 aliphatic carbocycles. The first kappa shape index (κ1) is 42.5. The Hall–Kier alpha value is -8.85. The van der Waals surface area contributed by atoms with Gasteiger partial charge in [-0.05, 0) is 141 Å². The summed E-state index contributed by atoms with van der Waals surface area (Å²) in [5, 5.41) is 15.7. The first-order valence-electron chi connectivity index (χ1n) is 24.0. The Kier molecular flexibility index (Phi) is 10.2. The minimum absolute atomic E-state index is 0.538. The molecule has 0 aliphatic heterocycles. The average Bonchev–Trinajstić information content (AvgIpc) is 3.88. The number of hydrogen-bond donors (Lipinski definition) is 0.